The number of ether oxygens (including phenoxy) is 2. The van der Waals surface area contributed by atoms with Crippen LogP contribution in [-0.2, 0) is 15.7 Å². The third-order valence-corrected chi connectivity index (χ3v) is 4.02. The predicted octanol–water partition coefficient (Wildman–Crippen LogP) is 1.53. The number of likely N-dealkylation sites (tertiary alicyclic amines) is 1. The number of carbonyl (C=O) groups excluding carboxylic acids is 2. The molecule has 2 aliphatic heterocycles. The summed E-state index contributed by atoms with van der Waals surface area (Å²) < 4.78 is 48.3. The van der Waals surface area contributed by atoms with Gasteiger partial charge in [-0.15, -0.1) is 0 Å². The molecule has 0 spiro atoms. The van der Waals surface area contributed by atoms with Crippen molar-refractivity contribution in [2.75, 3.05) is 32.8 Å². The molecule has 1 atom stereocenters. The first-order valence-corrected chi connectivity index (χ1v) is 7.72. The van der Waals surface area contributed by atoms with Crippen molar-refractivity contribution in [2.24, 2.45) is 0 Å². The molecule has 1 aromatic rings. The zero-order valence-corrected chi connectivity index (χ0v) is 13.2. The molecule has 3 heterocycles. The van der Waals surface area contributed by atoms with Crippen molar-refractivity contribution in [3.05, 3.63) is 23.9 Å². The van der Waals surface area contributed by atoms with Gasteiger partial charge in [0, 0.05) is 25.2 Å². The molecule has 3 rings (SSSR count). The first-order chi connectivity index (χ1) is 11.8. The van der Waals surface area contributed by atoms with Gasteiger partial charge in [-0.05, 0) is 6.07 Å². The molecule has 0 aromatic carbocycles. The standard InChI is InChI=1S/C15H16F3N3O4/c16-15(17,18)10-1-3-19-12(7-10)25-11-2-4-20(8-11)13(22)9-21-5-6-24-14(21)23/h1,3,7,11H,2,4-6,8-9H2. The highest BCUT2D eigenvalue weighted by molar-refractivity contribution is 5.83. The number of hydrogen-bond acceptors (Lipinski definition) is 5. The van der Waals surface area contributed by atoms with Crippen LogP contribution in [0.25, 0.3) is 0 Å². The fourth-order valence-electron chi connectivity index (χ4n) is 2.70. The first kappa shape index (κ1) is 17.3. The molecule has 2 saturated heterocycles. The third kappa shape index (κ3) is 4.12. The minimum atomic E-state index is -4.47. The summed E-state index contributed by atoms with van der Waals surface area (Å²) in [6.07, 6.45) is -3.91. The molecular weight excluding hydrogens is 343 g/mol. The number of aromatic nitrogens is 1. The van der Waals surface area contributed by atoms with Gasteiger partial charge in [-0.25, -0.2) is 9.78 Å². The molecule has 2 amide bonds. The van der Waals surface area contributed by atoms with E-state index in [0.717, 1.165) is 18.3 Å². The molecule has 0 aliphatic carbocycles. The highest BCUT2D eigenvalue weighted by Gasteiger charge is 2.33. The average Bonchev–Trinajstić information content (AvgIpc) is 3.17. The fourth-order valence-corrected chi connectivity index (χ4v) is 2.70. The summed E-state index contributed by atoms with van der Waals surface area (Å²) in [5.41, 5.74) is -0.837. The van der Waals surface area contributed by atoms with Crippen molar-refractivity contribution in [2.45, 2.75) is 18.7 Å². The van der Waals surface area contributed by atoms with Gasteiger partial charge in [0.25, 0.3) is 0 Å². The van der Waals surface area contributed by atoms with Gasteiger partial charge in [0.1, 0.15) is 19.3 Å². The molecule has 7 nitrogen and oxygen atoms in total. The molecule has 0 radical (unpaired) electrons. The average molecular weight is 359 g/mol. The minimum absolute atomic E-state index is 0.0760. The van der Waals surface area contributed by atoms with Crippen LogP contribution in [0.5, 0.6) is 5.88 Å². The maximum absolute atomic E-state index is 12.7. The summed E-state index contributed by atoms with van der Waals surface area (Å²) in [5, 5.41) is 0. The Labute approximate surface area is 141 Å². The van der Waals surface area contributed by atoms with E-state index in [-0.39, 0.29) is 31.5 Å². The lowest BCUT2D eigenvalue weighted by Gasteiger charge is -2.20. The van der Waals surface area contributed by atoms with Crippen LogP contribution in [0.15, 0.2) is 18.3 Å². The minimum Gasteiger partial charge on any atom is -0.472 e. The normalized spacial score (nSPS) is 20.8. The van der Waals surface area contributed by atoms with Gasteiger partial charge in [-0.1, -0.05) is 0 Å². The van der Waals surface area contributed by atoms with Crippen LogP contribution in [0, 0.1) is 0 Å². The van der Waals surface area contributed by atoms with Gasteiger partial charge in [0.2, 0.25) is 11.8 Å². The van der Waals surface area contributed by atoms with E-state index in [1.807, 2.05) is 0 Å². The summed E-state index contributed by atoms with van der Waals surface area (Å²) in [6, 6.07) is 1.71. The number of halogens is 3. The van der Waals surface area contributed by atoms with Gasteiger partial charge in [0.15, 0.2) is 0 Å². The molecule has 2 aliphatic rings. The maximum atomic E-state index is 12.7. The van der Waals surface area contributed by atoms with E-state index in [2.05, 4.69) is 4.98 Å². The summed E-state index contributed by atoms with van der Waals surface area (Å²) >= 11 is 0. The number of amides is 2. The largest absolute Gasteiger partial charge is 0.472 e. The van der Waals surface area contributed by atoms with Crippen molar-refractivity contribution < 1.29 is 32.2 Å². The monoisotopic (exact) mass is 359 g/mol. The van der Waals surface area contributed by atoms with Crippen molar-refractivity contribution in [1.82, 2.24) is 14.8 Å². The van der Waals surface area contributed by atoms with Gasteiger partial charge in [-0.2, -0.15) is 13.2 Å². The molecule has 10 heteroatoms. The zero-order chi connectivity index (χ0) is 18.0. The summed E-state index contributed by atoms with van der Waals surface area (Å²) in [7, 11) is 0. The van der Waals surface area contributed by atoms with Crippen molar-refractivity contribution in [3.8, 4) is 5.88 Å². The second kappa shape index (κ2) is 6.77. The van der Waals surface area contributed by atoms with E-state index in [1.165, 1.54) is 9.80 Å². The zero-order valence-electron chi connectivity index (χ0n) is 13.2. The lowest BCUT2D eigenvalue weighted by molar-refractivity contribution is -0.137. The molecular formula is C15H16F3N3O4. The molecule has 1 aromatic heterocycles. The lowest BCUT2D eigenvalue weighted by Crippen LogP contribution is -2.40. The van der Waals surface area contributed by atoms with E-state index in [1.54, 1.807) is 0 Å². The smallest absolute Gasteiger partial charge is 0.416 e. The number of nitrogens with zero attached hydrogens (tertiary/aromatic N) is 3. The predicted molar refractivity (Wildman–Crippen MR) is 77.8 cm³/mol. The van der Waals surface area contributed by atoms with Gasteiger partial charge in [-0.3, -0.25) is 9.69 Å². The van der Waals surface area contributed by atoms with Crippen molar-refractivity contribution in [1.29, 1.82) is 0 Å². The van der Waals surface area contributed by atoms with E-state index in [0.29, 0.717) is 19.5 Å². The SMILES string of the molecule is O=C(CN1CCOC1=O)N1CCC(Oc2cc(C(F)(F)F)ccn2)C1. The molecule has 0 bridgehead atoms. The second-order valence-electron chi connectivity index (χ2n) is 5.78. The molecule has 1 unspecified atom stereocenters. The Hall–Kier alpha value is -2.52. The number of alkyl halides is 3. The molecule has 0 N–H and O–H groups in total. The van der Waals surface area contributed by atoms with Gasteiger partial charge in [0.05, 0.1) is 18.7 Å². The second-order valence-corrected chi connectivity index (χ2v) is 5.78. The van der Waals surface area contributed by atoms with Gasteiger partial charge < -0.3 is 14.4 Å². The van der Waals surface area contributed by atoms with Crippen LogP contribution < -0.4 is 4.74 Å². The Morgan fingerprint density at radius 2 is 2.20 bits per heavy atom. The molecule has 136 valence electrons. The van der Waals surface area contributed by atoms with Crippen LogP contribution in [0.3, 0.4) is 0 Å². The number of hydrogen-bond donors (Lipinski definition) is 0. The van der Waals surface area contributed by atoms with Crippen LogP contribution in [-0.4, -0.2) is 65.7 Å². The topological polar surface area (TPSA) is 72.0 Å². The number of rotatable bonds is 4. The highest BCUT2D eigenvalue weighted by Crippen LogP contribution is 2.31. The van der Waals surface area contributed by atoms with Crippen LogP contribution in [0.2, 0.25) is 0 Å². The summed E-state index contributed by atoms with van der Waals surface area (Å²) in [4.78, 5) is 30.2. The Bertz CT molecular complexity index is 668. The van der Waals surface area contributed by atoms with Crippen molar-refractivity contribution in [3.63, 3.8) is 0 Å². The maximum Gasteiger partial charge on any atom is 0.416 e. The summed E-state index contributed by atoms with van der Waals surface area (Å²) in [6.45, 7) is 1.20. The van der Waals surface area contributed by atoms with E-state index >= 15 is 0 Å². The van der Waals surface area contributed by atoms with Crippen LogP contribution >= 0.6 is 0 Å². The molecule has 0 saturated carbocycles. The van der Waals surface area contributed by atoms with E-state index < -0.39 is 23.9 Å². The van der Waals surface area contributed by atoms with Crippen LogP contribution in [0.1, 0.15) is 12.0 Å². The van der Waals surface area contributed by atoms with Crippen molar-refractivity contribution >= 4 is 12.0 Å². The number of pyridine rings is 1. The Kier molecular flexibility index (Phi) is 4.69. The van der Waals surface area contributed by atoms with Crippen LogP contribution in [0.4, 0.5) is 18.0 Å². The van der Waals surface area contributed by atoms with Gasteiger partial charge >= 0.3 is 12.3 Å². The lowest BCUT2D eigenvalue weighted by atomic mass is 10.2. The van der Waals surface area contributed by atoms with E-state index in [9.17, 15) is 22.8 Å². The number of cyclic esters (lactones) is 1. The summed E-state index contributed by atoms with van der Waals surface area (Å²) in [5.74, 6) is -0.376. The Balaban J connectivity index is 1.54. The number of carbonyl (C=O) groups is 2. The Morgan fingerprint density at radius 1 is 1.40 bits per heavy atom. The third-order valence-electron chi connectivity index (χ3n) is 4.02. The molecule has 2 fully saturated rings. The van der Waals surface area contributed by atoms with E-state index in [4.69, 9.17) is 9.47 Å². The first-order valence-electron chi connectivity index (χ1n) is 7.72. The highest BCUT2D eigenvalue weighted by atomic mass is 19.4. The Morgan fingerprint density at radius 3 is 2.88 bits per heavy atom. The fraction of sp³-hybridized carbons (Fsp3) is 0.533. The quantitative estimate of drug-likeness (QED) is 0.815. The molecule has 25 heavy (non-hydrogen) atoms.